The molecule has 9 heteroatoms. The van der Waals surface area contributed by atoms with Crippen molar-refractivity contribution in [1.82, 2.24) is 9.55 Å². The number of nitrogens with zero attached hydrogens (tertiary/aromatic N) is 1. The van der Waals surface area contributed by atoms with Crippen LogP contribution >= 0.6 is 0 Å². The van der Waals surface area contributed by atoms with Crippen molar-refractivity contribution < 1.29 is 24.9 Å². The van der Waals surface area contributed by atoms with E-state index in [1.807, 2.05) is 4.98 Å². The van der Waals surface area contributed by atoms with E-state index < -0.39 is 41.3 Å². The zero-order valence-corrected chi connectivity index (χ0v) is 8.94. The molecule has 1 aliphatic rings. The van der Waals surface area contributed by atoms with Gasteiger partial charge in [0.15, 0.2) is 6.23 Å². The fourth-order valence-corrected chi connectivity index (χ4v) is 1.67. The maximum Gasteiger partial charge on any atom is 0.352 e. The van der Waals surface area contributed by atoms with E-state index in [-0.39, 0.29) is 6.61 Å². The zero-order valence-electron chi connectivity index (χ0n) is 8.94. The Morgan fingerprint density at radius 1 is 1.44 bits per heavy atom. The molecule has 0 spiro atoms. The number of aromatic nitrogens is 2. The average Bonchev–Trinajstić information content (AvgIpc) is 2.60. The summed E-state index contributed by atoms with van der Waals surface area (Å²) in [6.07, 6.45) is -3.97. The standard InChI is InChI=1S/C9H10N2O7/c12-4-2-18-7(6(4)14)11-5(13)1-3(8(15)16)10-9(11)17/h1,4,6-7,12,14H,2H2,(H,10,17)(H,15,16)/t4-,6-,7-/m1/s1. The molecule has 18 heavy (non-hydrogen) atoms. The van der Waals surface area contributed by atoms with Gasteiger partial charge in [0.25, 0.3) is 5.56 Å². The van der Waals surface area contributed by atoms with Crippen LogP contribution in [0.2, 0.25) is 0 Å². The molecule has 9 nitrogen and oxygen atoms in total. The van der Waals surface area contributed by atoms with Crippen LogP contribution < -0.4 is 11.2 Å². The maximum absolute atomic E-state index is 11.6. The Bertz CT molecular complexity index is 558. The molecule has 3 atom stereocenters. The topological polar surface area (TPSA) is 142 Å². The van der Waals surface area contributed by atoms with E-state index in [0.717, 1.165) is 0 Å². The summed E-state index contributed by atoms with van der Waals surface area (Å²) in [4.78, 5) is 35.8. The van der Waals surface area contributed by atoms with E-state index in [2.05, 4.69) is 0 Å². The van der Waals surface area contributed by atoms with Crippen LogP contribution in [0, 0.1) is 0 Å². The monoisotopic (exact) mass is 258 g/mol. The average molecular weight is 258 g/mol. The Labute approximate surface area is 98.9 Å². The largest absolute Gasteiger partial charge is 0.477 e. The predicted octanol–water partition coefficient (Wildman–Crippen LogP) is -2.51. The molecule has 4 N–H and O–H groups in total. The minimum atomic E-state index is -1.45. The zero-order chi connectivity index (χ0) is 13.4. The lowest BCUT2D eigenvalue weighted by Crippen LogP contribution is -2.43. The number of rotatable bonds is 2. The summed E-state index contributed by atoms with van der Waals surface area (Å²) < 4.78 is 5.44. The van der Waals surface area contributed by atoms with Crippen molar-refractivity contribution in [2.24, 2.45) is 0 Å². The van der Waals surface area contributed by atoms with Crippen LogP contribution in [-0.4, -0.2) is 49.7 Å². The highest BCUT2D eigenvalue weighted by atomic mass is 16.5. The van der Waals surface area contributed by atoms with Gasteiger partial charge in [0.2, 0.25) is 0 Å². The van der Waals surface area contributed by atoms with Crippen LogP contribution in [0.25, 0.3) is 0 Å². The highest BCUT2D eigenvalue weighted by molar-refractivity contribution is 5.84. The second-order valence-corrected chi connectivity index (χ2v) is 3.78. The van der Waals surface area contributed by atoms with Gasteiger partial charge in [-0.05, 0) is 0 Å². The molecule has 2 heterocycles. The van der Waals surface area contributed by atoms with Gasteiger partial charge < -0.3 is 25.0 Å². The summed E-state index contributed by atoms with van der Waals surface area (Å²) >= 11 is 0. The summed E-state index contributed by atoms with van der Waals surface area (Å²) in [5.41, 5.74) is -2.53. The molecule has 1 aromatic rings. The lowest BCUT2D eigenvalue weighted by atomic mass is 10.2. The Morgan fingerprint density at radius 3 is 2.56 bits per heavy atom. The van der Waals surface area contributed by atoms with Crippen LogP contribution in [0.4, 0.5) is 0 Å². The van der Waals surface area contributed by atoms with Crippen molar-refractivity contribution in [3.05, 3.63) is 32.6 Å². The molecule has 0 saturated carbocycles. The minimum Gasteiger partial charge on any atom is -0.477 e. The quantitative estimate of drug-likeness (QED) is 0.458. The first kappa shape index (κ1) is 12.5. The highest BCUT2D eigenvalue weighted by Gasteiger charge is 2.37. The predicted molar refractivity (Wildman–Crippen MR) is 55.3 cm³/mol. The first-order valence-corrected chi connectivity index (χ1v) is 4.98. The van der Waals surface area contributed by atoms with Crippen LogP contribution in [-0.2, 0) is 4.74 Å². The van der Waals surface area contributed by atoms with Crippen molar-refractivity contribution in [2.75, 3.05) is 6.61 Å². The van der Waals surface area contributed by atoms with E-state index in [1.54, 1.807) is 0 Å². The number of H-pyrrole nitrogens is 1. The Morgan fingerprint density at radius 2 is 2.11 bits per heavy atom. The lowest BCUT2D eigenvalue weighted by molar-refractivity contribution is -0.0231. The Kier molecular flexibility index (Phi) is 3.03. The number of ether oxygens (including phenoxy) is 1. The molecule has 0 aliphatic carbocycles. The fourth-order valence-electron chi connectivity index (χ4n) is 1.67. The number of aromatic carboxylic acids is 1. The van der Waals surface area contributed by atoms with Gasteiger partial charge in [0, 0.05) is 6.07 Å². The van der Waals surface area contributed by atoms with E-state index in [4.69, 9.17) is 9.84 Å². The third kappa shape index (κ3) is 1.94. The number of aromatic amines is 1. The molecule has 0 amide bonds. The summed E-state index contributed by atoms with van der Waals surface area (Å²) in [5.74, 6) is -1.45. The first-order valence-electron chi connectivity index (χ1n) is 4.98. The van der Waals surface area contributed by atoms with Gasteiger partial charge >= 0.3 is 11.7 Å². The van der Waals surface area contributed by atoms with Gasteiger partial charge in [-0.1, -0.05) is 0 Å². The molecule has 0 aromatic carbocycles. The number of hydrogen-bond donors (Lipinski definition) is 4. The summed E-state index contributed by atoms with van der Waals surface area (Å²) in [6, 6.07) is 0.699. The molecule has 98 valence electrons. The lowest BCUT2D eigenvalue weighted by Gasteiger charge is -2.16. The van der Waals surface area contributed by atoms with Gasteiger partial charge in [0.1, 0.15) is 17.9 Å². The molecule has 0 unspecified atom stereocenters. The van der Waals surface area contributed by atoms with Crippen molar-refractivity contribution in [3.63, 3.8) is 0 Å². The number of aliphatic hydroxyl groups is 2. The SMILES string of the molecule is O=C(O)c1cc(=O)n([C@@H]2OC[C@@H](O)[C@H]2O)c(=O)[nH]1. The first-order chi connectivity index (χ1) is 8.41. The summed E-state index contributed by atoms with van der Waals surface area (Å²) in [6.45, 7) is -0.224. The summed E-state index contributed by atoms with van der Waals surface area (Å²) in [5, 5.41) is 27.4. The van der Waals surface area contributed by atoms with E-state index >= 15 is 0 Å². The van der Waals surface area contributed by atoms with E-state index in [1.165, 1.54) is 0 Å². The normalized spacial score (nSPS) is 27.3. The minimum absolute atomic E-state index is 0.224. The molecule has 0 radical (unpaired) electrons. The maximum atomic E-state index is 11.6. The second-order valence-electron chi connectivity index (χ2n) is 3.78. The van der Waals surface area contributed by atoms with Crippen molar-refractivity contribution >= 4 is 5.97 Å². The summed E-state index contributed by atoms with van der Waals surface area (Å²) in [7, 11) is 0. The van der Waals surface area contributed by atoms with Gasteiger partial charge in [-0.25, -0.2) is 14.2 Å². The molecule has 1 saturated heterocycles. The molecular formula is C9H10N2O7. The number of carboxylic acid groups (broad SMARTS) is 1. The molecule has 1 aliphatic heterocycles. The van der Waals surface area contributed by atoms with E-state index in [9.17, 15) is 24.6 Å². The fraction of sp³-hybridized carbons (Fsp3) is 0.444. The van der Waals surface area contributed by atoms with Gasteiger partial charge in [-0.15, -0.1) is 0 Å². The second kappa shape index (κ2) is 4.37. The van der Waals surface area contributed by atoms with Gasteiger partial charge in [-0.3, -0.25) is 4.79 Å². The van der Waals surface area contributed by atoms with Crippen LogP contribution in [0.5, 0.6) is 0 Å². The van der Waals surface area contributed by atoms with Crippen LogP contribution in [0.15, 0.2) is 15.7 Å². The third-order valence-electron chi connectivity index (χ3n) is 2.57. The van der Waals surface area contributed by atoms with Crippen LogP contribution in [0.1, 0.15) is 16.7 Å². The number of nitrogens with one attached hydrogen (secondary N) is 1. The van der Waals surface area contributed by atoms with Crippen molar-refractivity contribution in [2.45, 2.75) is 18.4 Å². The Hall–Kier alpha value is -1.97. The molecule has 1 fully saturated rings. The third-order valence-corrected chi connectivity index (χ3v) is 2.57. The number of hydrogen-bond acceptors (Lipinski definition) is 6. The number of aliphatic hydroxyl groups excluding tert-OH is 2. The molecule has 1 aromatic heterocycles. The highest BCUT2D eigenvalue weighted by Crippen LogP contribution is 2.21. The number of carbonyl (C=O) groups is 1. The van der Waals surface area contributed by atoms with Gasteiger partial charge in [-0.2, -0.15) is 0 Å². The smallest absolute Gasteiger partial charge is 0.352 e. The van der Waals surface area contributed by atoms with E-state index in [0.29, 0.717) is 10.6 Å². The van der Waals surface area contributed by atoms with Gasteiger partial charge in [0.05, 0.1) is 6.61 Å². The Balaban J connectivity index is 2.50. The number of carboxylic acids is 1. The molecule has 2 rings (SSSR count). The van der Waals surface area contributed by atoms with Crippen molar-refractivity contribution in [3.8, 4) is 0 Å². The van der Waals surface area contributed by atoms with Crippen molar-refractivity contribution in [1.29, 1.82) is 0 Å². The van der Waals surface area contributed by atoms with Crippen LogP contribution in [0.3, 0.4) is 0 Å². The molecule has 0 bridgehead atoms. The molecular weight excluding hydrogens is 248 g/mol.